The van der Waals surface area contributed by atoms with Crippen molar-refractivity contribution in [1.29, 1.82) is 0 Å². The fraction of sp³-hybridized carbons (Fsp3) is 0.688. The largest absolute Gasteiger partial charge is 0.492 e. The normalized spacial score (nSPS) is 24.4. The molecular formula is C16H27N3O. The van der Waals surface area contributed by atoms with Crippen molar-refractivity contribution in [1.82, 2.24) is 10.4 Å². The molecule has 4 nitrogen and oxygen atoms in total. The summed E-state index contributed by atoms with van der Waals surface area (Å²) in [7, 11) is 0. The summed E-state index contributed by atoms with van der Waals surface area (Å²) in [6.45, 7) is 5.16. The Morgan fingerprint density at radius 1 is 1.45 bits per heavy atom. The lowest BCUT2D eigenvalue weighted by Crippen LogP contribution is -2.35. The van der Waals surface area contributed by atoms with Crippen LogP contribution in [0.4, 0.5) is 0 Å². The van der Waals surface area contributed by atoms with Crippen molar-refractivity contribution in [3.63, 3.8) is 0 Å². The third kappa shape index (κ3) is 3.93. The van der Waals surface area contributed by atoms with Crippen LogP contribution in [0.3, 0.4) is 0 Å². The van der Waals surface area contributed by atoms with Crippen LogP contribution in [0.5, 0.6) is 5.75 Å². The molecule has 0 spiro atoms. The maximum Gasteiger partial charge on any atom is 0.137 e. The number of aromatic nitrogens is 1. The third-order valence-corrected chi connectivity index (χ3v) is 4.19. The van der Waals surface area contributed by atoms with Gasteiger partial charge in [0.1, 0.15) is 5.75 Å². The first kappa shape index (κ1) is 15.3. The SMILES string of the molecule is CCCOc1cncc(C(NN)C2CCCC(C)C2)c1. The van der Waals surface area contributed by atoms with Gasteiger partial charge in [-0.15, -0.1) is 0 Å². The van der Waals surface area contributed by atoms with Crippen molar-refractivity contribution in [2.24, 2.45) is 17.7 Å². The van der Waals surface area contributed by atoms with E-state index in [4.69, 9.17) is 10.6 Å². The fourth-order valence-electron chi connectivity index (χ4n) is 3.19. The van der Waals surface area contributed by atoms with E-state index in [1.165, 1.54) is 25.7 Å². The summed E-state index contributed by atoms with van der Waals surface area (Å²) in [4.78, 5) is 4.30. The van der Waals surface area contributed by atoms with E-state index in [0.29, 0.717) is 5.92 Å². The van der Waals surface area contributed by atoms with Gasteiger partial charge in [0.2, 0.25) is 0 Å². The van der Waals surface area contributed by atoms with E-state index < -0.39 is 0 Å². The molecule has 20 heavy (non-hydrogen) atoms. The quantitative estimate of drug-likeness (QED) is 0.619. The van der Waals surface area contributed by atoms with Gasteiger partial charge < -0.3 is 4.74 Å². The van der Waals surface area contributed by atoms with Crippen LogP contribution in [0.25, 0.3) is 0 Å². The fourth-order valence-corrected chi connectivity index (χ4v) is 3.19. The Bertz CT molecular complexity index is 410. The highest BCUT2D eigenvalue weighted by Gasteiger charge is 2.27. The first-order chi connectivity index (χ1) is 9.74. The van der Waals surface area contributed by atoms with Gasteiger partial charge in [-0.3, -0.25) is 16.3 Å². The number of nitrogens with two attached hydrogens (primary N) is 1. The smallest absolute Gasteiger partial charge is 0.137 e. The number of hydrazine groups is 1. The molecule has 1 saturated carbocycles. The van der Waals surface area contributed by atoms with Gasteiger partial charge in [0.15, 0.2) is 0 Å². The Morgan fingerprint density at radius 2 is 2.30 bits per heavy atom. The summed E-state index contributed by atoms with van der Waals surface area (Å²) >= 11 is 0. The minimum absolute atomic E-state index is 0.176. The highest BCUT2D eigenvalue weighted by Crippen LogP contribution is 2.37. The molecule has 0 bridgehead atoms. The summed E-state index contributed by atoms with van der Waals surface area (Å²) < 4.78 is 5.67. The van der Waals surface area contributed by atoms with Crippen LogP contribution in [0, 0.1) is 11.8 Å². The molecule has 0 radical (unpaired) electrons. The van der Waals surface area contributed by atoms with E-state index >= 15 is 0 Å². The molecule has 4 heteroatoms. The minimum atomic E-state index is 0.176. The van der Waals surface area contributed by atoms with E-state index in [-0.39, 0.29) is 6.04 Å². The van der Waals surface area contributed by atoms with Crippen molar-refractivity contribution in [2.75, 3.05) is 6.61 Å². The third-order valence-electron chi connectivity index (χ3n) is 4.19. The van der Waals surface area contributed by atoms with Crippen molar-refractivity contribution in [2.45, 2.75) is 52.0 Å². The van der Waals surface area contributed by atoms with Crippen LogP contribution in [0.15, 0.2) is 18.5 Å². The van der Waals surface area contributed by atoms with E-state index in [1.54, 1.807) is 6.20 Å². The lowest BCUT2D eigenvalue weighted by atomic mass is 9.77. The van der Waals surface area contributed by atoms with Gasteiger partial charge in [-0.2, -0.15) is 0 Å². The number of rotatable bonds is 6. The molecule has 1 aromatic rings. The molecule has 1 aromatic heterocycles. The molecule has 0 amide bonds. The Kier molecular flexibility index (Phi) is 5.80. The number of ether oxygens (including phenoxy) is 1. The van der Waals surface area contributed by atoms with Gasteiger partial charge in [0.25, 0.3) is 0 Å². The predicted molar refractivity (Wildman–Crippen MR) is 81.2 cm³/mol. The molecule has 0 saturated heterocycles. The summed E-state index contributed by atoms with van der Waals surface area (Å²) in [5.74, 6) is 8.03. The molecule has 3 N–H and O–H groups in total. The van der Waals surface area contributed by atoms with Crippen LogP contribution < -0.4 is 16.0 Å². The molecule has 1 aliphatic carbocycles. The average Bonchev–Trinajstić information content (AvgIpc) is 2.46. The van der Waals surface area contributed by atoms with Crippen LogP contribution in [-0.2, 0) is 0 Å². The highest BCUT2D eigenvalue weighted by atomic mass is 16.5. The summed E-state index contributed by atoms with van der Waals surface area (Å²) in [5, 5.41) is 0. The lowest BCUT2D eigenvalue weighted by molar-refractivity contribution is 0.223. The van der Waals surface area contributed by atoms with E-state index in [2.05, 4.69) is 30.3 Å². The Morgan fingerprint density at radius 3 is 3.00 bits per heavy atom. The maximum absolute atomic E-state index is 5.81. The topological polar surface area (TPSA) is 60.2 Å². The van der Waals surface area contributed by atoms with Crippen molar-refractivity contribution < 1.29 is 4.74 Å². The second-order valence-corrected chi connectivity index (χ2v) is 5.98. The van der Waals surface area contributed by atoms with Crippen molar-refractivity contribution in [3.05, 3.63) is 24.0 Å². The molecule has 1 fully saturated rings. The van der Waals surface area contributed by atoms with Crippen molar-refractivity contribution in [3.8, 4) is 5.75 Å². The zero-order chi connectivity index (χ0) is 14.4. The summed E-state index contributed by atoms with van der Waals surface area (Å²) in [5.41, 5.74) is 4.14. The van der Waals surface area contributed by atoms with Gasteiger partial charge >= 0.3 is 0 Å². The predicted octanol–water partition coefficient (Wildman–Crippen LogP) is 3.20. The minimum Gasteiger partial charge on any atom is -0.492 e. The number of hydrogen-bond donors (Lipinski definition) is 2. The van der Waals surface area contributed by atoms with Gasteiger partial charge in [-0.1, -0.05) is 26.7 Å². The molecule has 3 atom stereocenters. The monoisotopic (exact) mass is 277 g/mol. The van der Waals surface area contributed by atoms with Gasteiger partial charge in [0, 0.05) is 6.20 Å². The standard InChI is InChI=1S/C16H27N3O/c1-3-7-20-15-9-14(10-18-11-15)16(19-17)13-6-4-5-12(2)8-13/h9-13,16,19H,3-8,17H2,1-2H3. The van der Waals surface area contributed by atoms with E-state index in [0.717, 1.165) is 30.3 Å². The van der Waals surface area contributed by atoms with Crippen LogP contribution >= 0.6 is 0 Å². The maximum atomic E-state index is 5.81. The van der Waals surface area contributed by atoms with Gasteiger partial charge in [0.05, 0.1) is 18.8 Å². The highest BCUT2D eigenvalue weighted by molar-refractivity contribution is 5.26. The van der Waals surface area contributed by atoms with Crippen LogP contribution in [0.2, 0.25) is 0 Å². The van der Waals surface area contributed by atoms with E-state index in [9.17, 15) is 0 Å². The molecule has 2 rings (SSSR count). The van der Waals surface area contributed by atoms with E-state index in [1.807, 2.05) is 6.20 Å². The Labute approximate surface area is 122 Å². The molecule has 3 unspecified atom stereocenters. The zero-order valence-electron chi connectivity index (χ0n) is 12.6. The summed E-state index contributed by atoms with van der Waals surface area (Å²) in [6.07, 6.45) is 9.78. The molecule has 0 aromatic carbocycles. The molecule has 1 aliphatic rings. The lowest BCUT2D eigenvalue weighted by Gasteiger charge is -2.33. The second-order valence-electron chi connectivity index (χ2n) is 5.98. The van der Waals surface area contributed by atoms with Crippen LogP contribution in [0.1, 0.15) is 57.6 Å². The number of nitrogens with zero attached hydrogens (tertiary/aromatic N) is 1. The second kappa shape index (κ2) is 7.60. The Balaban J connectivity index is 2.09. The molecule has 0 aliphatic heterocycles. The zero-order valence-corrected chi connectivity index (χ0v) is 12.6. The Hall–Kier alpha value is -1.13. The number of hydrogen-bond acceptors (Lipinski definition) is 4. The first-order valence-corrected chi connectivity index (χ1v) is 7.78. The van der Waals surface area contributed by atoms with Gasteiger partial charge in [-0.25, -0.2) is 0 Å². The average molecular weight is 277 g/mol. The molecule has 1 heterocycles. The molecular weight excluding hydrogens is 250 g/mol. The number of nitrogens with one attached hydrogen (secondary N) is 1. The number of pyridine rings is 1. The van der Waals surface area contributed by atoms with Crippen LogP contribution in [-0.4, -0.2) is 11.6 Å². The first-order valence-electron chi connectivity index (χ1n) is 7.78. The molecule has 112 valence electrons. The van der Waals surface area contributed by atoms with Crippen molar-refractivity contribution >= 4 is 0 Å². The summed E-state index contributed by atoms with van der Waals surface area (Å²) in [6, 6.07) is 2.25. The van der Waals surface area contributed by atoms with Gasteiger partial charge in [-0.05, 0) is 42.7 Å².